The normalized spacial score (nSPS) is 17.8. The van der Waals surface area contributed by atoms with E-state index in [0.717, 1.165) is 11.8 Å². The van der Waals surface area contributed by atoms with E-state index >= 15 is 0 Å². The Morgan fingerprint density at radius 1 is 1.21 bits per heavy atom. The Labute approximate surface area is 195 Å². The van der Waals surface area contributed by atoms with Crippen LogP contribution in [0.4, 0.5) is 5.69 Å². The fourth-order valence-corrected chi connectivity index (χ4v) is 4.27. The largest absolute Gasteiger partial charge is 0.497 e. The SMILES string of the molecule is CCC(Oc1ccc(N(C)S(C)(=O)=O)cc1)C(=O)NC1CC(C)(C)Oc2cc(OC)ccc21. The first-order chi connectivity index (χ1) is 15.4. The Balaban J connectivity index is 1.74. The lowest BCUT2D eigenvalue weighted by Crippen LogP contribution is -2.45. The first-order valence-electron chi connectivity index (χ1n) is 10.8. The number of anilines is 1. The van der Waals surface area contributed by atoms with Crippen LogP contribution in [0.5, 0.6) is 17.2 Å². The van der Waals surface area contributed by atoms with Crippen LogP contribution in [0.1, 0.15) is 45.2 Å². The lowest BCUT2D eigenvalue weighted by atomic mass is 9.89. The third-order valence-corrected chi connectivity index (χ3v) is 6.84. The maximum Gasteiger partial charge on any atom is 0.261 e. The van der Waals surface area contributed by atoms with Crippen molar-refractivity contribution in [1.82, 2.24) is 5.32 Å². The minimum absolute atomic E-state index is 0.223. The molecule has 1 heterocycles. The molecule has 2 unspecified atom stereocenters. The lowest BCUT2D eigenvalue weighted by molar-refractivity contribution is -0.129. The van der Waals surface area contributed by atoms with E-state index in [4.69, 9.17) is 14.2 Å². The molecule has 2 aromatic rings. The van der Waals surface area contributed by atoms with Crippen LogP contribution in [-0.4, -0.2) is 46.4 Å². The van der Waals surface area contributed by atoms with Crippen molar-refractivity contribution in [2.75, 3.05) is 24.7 Å². The average molecular weight is 477 g/mol. The summed E-state index contributed by atoms with van der Waals surface area (Å²) in [5.74, 6) is 1.64. The highest BCUT2D eigenvalue weighted by atomic mass is 32.2. The van der Waals surface area contributed by atoms with Crippen molar-refractivity contribution in [3.8, 4) is 17.2 Å². The van der Waals surface area contributed by atoms with Crippen LogP contribution in [0, 0.1) is 0 Å². The molecule has 0 radical (unpaired) electrons. The number of rotatable bonds is 8. The van der Waals surface area contributed by atoms with Crippen LogP contribution in [0.25, 0.3) is 0 Å². The number of amides is 1. The van der Waals surface area contributed by atoms with Crippen LogP contribution < -0.4 is 23.8 Å². The van der Waals surface area contributed by atoms with Gasteiger partial charge >= 0.3 is 0 Å². The zero-order valence-electron chi connectivity index (χ0n) is 19.9. The summed E-state index contributed by atoms with van der Waals surface area (Å²) in [6, 6.07) is 12.0. The van der Waals surface area contributed by atoms with Gasteiger partial charge in [-0.3, -0.25) is 9.10 Å². The van der Waals surface area contributed by atoms with Crippen molar-refractivity contribution in [2.24, 2.45) is 0 Å². The summed E-state index contributed by atoms with van der Waals surface area (Å²) < 4.78 is 41.9. The number of nitrogens with zero attached hydrogens (tertiary/aromatic N) is 1. The Hall–Kier alpha value is -2.94. The van der Waals surface area contributed by atoms with Crippen molar-refractivity contribution in [2.45, 2.75) is 51.4 Å². The number of hydrogen-bond donors (Lipinski definition) is 1. The molecule has 0 aromatic heterocycles. The number of benzene rings is 2. The van der Waals surface area contributed by atoms with Gasteiger partial charge in [0.15, 0.2) is 6.10 Å². The molecule has 9 heteroatoms. The first kappa shape index (κ1) is 24.7. The van der Waals surface area contributed by atoms with Crippen molar-refractivity contribution in [1.29, 1.82) is 0 Å². The average Bonchev–Trinajstić information content (AvgIpc) is 2.75. The number of carbonyl (C=O) groups is 1. The van der Waals surface area contributed by atoms with Crippen molar-refractivity contribution < 1.29 is 27.4 Å². The lowest BCUT2D eigenvalue weighted by Gasteiger charge is -2.38. The second kappa shape index (κ2) is 9.51. The molecule has 33 heavy (non-hydrogen) atoms. The molecule has 0 spiro atoms. The van der Waals surface area contributed by atoms with Crippen LogP contribution in [-0.2, 0) is 14.8 Å². The Bertz CT molecular complexity index is 1100. The van der Waals surface area contributed by atoms with Crippen LogP contribution >= 0.6 is 0 Å². The smallest absolute Gasteiger partial charge is 0.261 e. The molecule has 0 fully saturated rings. The second-order valence-corrected chi connectivity index (χ2v) is 10.8. The van der Waals surface area contributed by atoms with Gasteiger partial charge < -0.3 is 19.5 Å². The van der Waals surface area contributed by atoms with Gasteiger partial charge in [-0.2, -0.15) is 0 Å². The van der Waals surface area contributed by atoms with Crippen molar-refractivity contribution >= 4 is 21.6 Å². The maximum atomic E-state index is 13.1. The zero-order chi connectivity index (χ0) is 24.4. The summed E-state index contributed by atoms with van der Waals surface area (Å²) in [4.78, 5) is 13.1. The minimum atomic E-state index is -3.35. The fourth-order valence-electron chi connectivity index (χ4n) is 3.76. The minimum Gasteiger partial charge on any atom is -0.497 e. The van der Waals surface area contributed by atoms with E-state index in [9.17, 15) is 13.2 Å². The van der Waals surface area contributed by atoms with E-state index in [-0.39, 0.29) is 11.9 Å². The molecule has 0 saturated heterocycles. The quantitative estimate of drug-likeness (QED) is 0.625. The van der Waals surface area contributed by atoms with Gasteiger partial charge in [0.1, 0.15) is 22.8 Å². The highest BCUT2D eigenvalue weighted by Gasteiger charge is 2.36. The van der Waals surface area contributed by atoms with Crippen LogP contribution in [0.3, 0.4) is 0 Å². The standard InChI is InChI=1S/C24H32N2O6S/c1-7-21(31-17-10-8-16(9-11-17)26(4)33(6,28)29)23(27)25-20-15-24(2,3)32-22-14-18(30-5)12-13-19(20)22/h8-14,20-21H,7,15H2,1-6H3,(H,25,27). The number of hydrogen-bond acceptors (Lipinski definition) is 6. The molecule has 1 N–H and O–H groups in total. The number of nitrogens with one attached hydrogen (secondary N) is 1. The Morgan fingerprint density at radius 3 is 2.42 bits per heavy atom. The van der Waals surface area contributed by atoms with E-state index in [2.05, 4.69) is 5.32 Å². The molecule has 1 aliphatic heterocycles. The molecule has 180 valence electrons. The second-order valence-electron chi connectivity index (χ2n) is 8.77. The summed E-state index contributed by atoms with van der Waals surface area (Å²) in [6.07, 6.45) is 1.52. The van der Waals surface area contributed by atoms with Crippen LogP contribution in [0.15, 0.2) is 42.5 Å². The van der Waals surface area contributed by atoms with E-state index in [1.165, 1.54) is 11.4 Å². The Morgan fingerprint density at radius 2 is 1.85 bits per heavy atom. The van der Waals surface area contributed by atoms with Crippen molar-refractivity contribution in [3.63, 3.8) is 0 Å². The van der Waals surface area contributed by atoms with E-state index < -0.39 is 21.7 Å². The molecule has 0 saturated carbocycles. The predicted octanol–water partition coefficient (Wildman–Crippen LogP) is 3.67. The highest BCUT2D eigenvalue weighted by molar-refractivity contribution is 7.92. The third kappa shape index (κ3) is 5.90. The Kier molecular flexibility index (Phi) is 7.11. The highest BCUT2D eigenvalue weighted by Crippen LogP contribution is 2.41. The number of sulfonamides is 1. The van der Waals surface area contributed by atoms with Gasteiger partial charge in [-0.1, -0.05) is 6.92 Å². The molecule has 2 aromatic carbocycles. The molecule has 0 aliphatic carbocycles. The molecular formula is C24H32N2O6S. The summed E-state index contributed by atoms with van der Waals surface area (Å²) in [5.41, 5.74) is 0.951. The molecule has 8 nitrogen and oxygen atoms in total. The summed E-state index contributed by atoms with van der Waals surface area (Å²) in [5, 5.41) is 3.12. The van der Waals surface area contributed by atoms with E-state index in [1.807, 2.05) is 39.0 Å². The number of ether oxygens (including phenoxy) is 3. The van der Waals surface area contributed by atoms with Gasteiger partial charge in [0, 0.05) is 25.1 Å². The van der Waals surface area contributed by atoms with Gasteiger partial charge in [-0.25, -0.2) is 8.42 Å². The van der Waals surface area contributed by atoms with Gasteiger partial charge in [0.25, 0.3) is 5.91 Å². The first-order valence-corrected chi connectivity index (χ1v) is 12.7. The molecule has 0 bridgehead atoms. The van der Waals surface area contributed by atoms with Gasteiger partial charge in [-0.15, -0.1) is 0 Å². The van der Waals surface area contributed by atoms with Crippen molar-refractivity contribution in [3.05, 3.63) is 48.0 Å². The number of carbonyl (C=O) groups excluding carboxylic acids is 1. The van der Waals surface area contributed by atoms with Gasteiger partial charge in [-0.05, 0) is 56.7 Å². The molecule has 2 atom stereocenters. The third-order valence-electron chi connectivity index (χ3n) is 5.63. The summed E-state index contributed by atoms with van der Waals surface area (Å²) in [6.45, 7) is 5.84. The molecule has 1 aliphatic rings. The number of methoxy groups -OCH3 is 1. The molecule has 3 rings (SSSR count). The monoisotopic (exact) mass is 476 g/mol. The maximum absolute atomic E-state index is 13.1. The van der Waals surface area contributed by atoms with Gasteiger partial charge in [0.2, 0.25) is 10.0 Å². The molecular weight excluding hydrogens is 444 g/mol. The van der Waals surface area contributed by atoms with E-state index in [0.29, 0.717) is 35.8 Å². The fraction of sp³-hybridized carbons (Fsp3) is 0.458. The number of fused-ring (bicyclic) bond motifs is 1. The zero-order valence-corrected chi connectivity index (χ0v) is 20.7. The summed E-state index contributed by atoms with van der Waals surface area (Å²) in [7, 11) is -0.271. The topological polar surface area (TPSA) is 94.2 Å². The van der Waals surface area contributed by atoms with Crippen LogP contribution in [0.2, 0.25) is 0 Å². The summed E-state index contributed by atoms with van der Waals surface area (Å²) >= 11 is 0. The van der Waals surface area contributed by atoms with E-state index in [1.54, 1.807) is 31.4 Å². The molecule has 1 amide bonds. The van der Waals surface area contributed by atoms with Gasteiger partial charge in [0.05, 0.1) is 25.1 Å². The predicted molar refractivity (Wildman–Crippen MR) is 128 cm³/mol.